The summed E-state index contributed by atoms with van der Waals surface area (Å²) in [6.07, 6.45) is 0. The molecule has 0 unspecified atom stereocenters. The molecule has 190 valence electrons. The van der Waals surface area contributed by atoms with E-state index in [4.69, 9.17) is 9.90 Å². The Kier molecular flexibility index (Phi) is 11.8. The van der Waals surface area contributed by atoms with E-state index < -0.39 is 26.0 Å². The smallest absolute Gasteiger partial charge is 0.300 e. The second kappa shape index (κ2) is 13.5. The predicted molar refractivity (Wildman–Crippen MR) is 131 cm³/mol. The minimum atomic E-state index is -3.40. The van der Waals surface area contributed by atoms with Crippen LogP contribution in [0.2, 0.25) is 0 Å². The first-order chi connectivity index (χ1) is 15.8. The third-order valence-corrected chi connectivity index (χ3v) is 8.20. The van der Waals surface area contributed by atoms with Crippen LogP contribution in [-0.2, 0) is 37.9 Å². The maximum absolute atomic E-state index is 12.1. The molecule has 0 saturated heterocycles. The molecule has 10 nitrogen and oxygen atoms in total. The summed E-state index contributed by atoms with van der Waals surface area (Å²) in [4.78, 5) is 9.56. The Balaban J connectivity index is 0.00000133. The second-order valence-corrected chi connectivity index (χ2v) is 12.0. The van der Waals surface area contributed by atoms with Gasteiger partial charge in [-0.1, -0.05) is 24.3 Å². The summed E-state index contributed by atoms with van der Waals surface area (Å²) >= 11 is 0. The summed E-state index contributed by atoms with van der Waals surface area (Å²) in [6.45, 7) is 3.85. The number of sulfonamides is 2. The van der Waals surface area contributed by atoms with Gasteiger partial charge in [0.25, 0.3) is 5.97 Å². The fourth-order valence-corrected chi connectivity index (χ4v) is 4.43. The fourth-order valence-electron chi connectivity index (χ4n) is 2.62. The number of carboxylic acids is 1. The third-order valence-electron chi connectivity index (χ3n) is 4.54. The average Bonchev–Trinajstić information content (AvgIpc) is 2.76. The highest BCUT2D eigenvalue weighted by molar-refractivity contribution is 7.89. The van der Waals surface area contributed by atoms with Crippen molar-refractivity contribution in [3.05, 3.63) is 59.7 Å². The number of hydrogen-bond acceptors (Lipinski definition) is 7. The molecular weight excluding hydrogens is 480 g/mol. The van der Waals surface area contributed by atoms with Crippen LogP contribution in [0.4, 0.5) is 0 Å². The highest BCUT2D eigenvalue weighted by atomic mass is 32.2. The van der Waals surface area contributed by atoms with Crippen molar-refractivity contribution in [3.63, 3.8) is 0 Å². The van der Waals surface area contributed by atoms with Crippen LogP contribution in [0.1, 0.15) is 18.1 Å². The fraction of sp³-hybridized carbons (Fsp3) is 0.409. The van der Waals surface area contributed by atoms with Crippen LogP contribution < -0.4 is 10.6 Å². The SMILES string of the molecule is CC(=O)O.CN(C)S(=O)(=O)c1ccc(CNCCNCc2ccc(S(=O)(=O)N(C)C)cc2)cc1. The van der Waals surface area contributed by atoms with E-state index >= 15 is 0 Å². The number of nitrogens with one attached hydrogen (secondary N) is 2. The molecule has 0 bridgehead atoms. The molecule has 2 rings (SSSR count). The van der Waals surface area contributed by atoms with Gasteiger partial charge in [-0.25, -0.2) is 25.4 Å². The van der Waals surface area contributed by atoms with Crippen molar-refractivity contribution in [1.29, 1.82) is 0 Å². The molecule has 0 aliphatic heterocycles. The maximum atomic E-state index is 12.1. The zero-order chi connectivity index (χ0) is 25.9. The molecular formula is C22H34N4O6S2. The van der Waals surface area contributed by atoms with Gasteiger partial charge in [0.2, 0.25) is 20.0 Å². The molecule has 0 aliphatic rings. The standard InChI is InChI=1S/C20H30N4O4S2.C2H4O2/c1-23(2)29(25,26)19-9-5-17(6-10-19)15-21-13-14-22-16-18-7-11-20(12-8-18)30(27,28)24(3)4;1-2(3)4/h5-12,21-22H,13-16H2,1-4H3;1H3,(H,3,4). The zero-order valence-electron chi connectivity index (χ0n) is 20.1. The molecule has 3 N–H and O–H groups in total. The van der Waals surface area contributed by atoms with E-state index in [1.165, 1.54) is 36.8 Å². The number of aliphatic carboxylic acids is 1. The van der Waals surface area contributed by atoms with Crippen molar-refractivity contribution in [3.8, 4) is 0 Å². The van der Waals surface area contributed by atoms with Gasteiger partial charge >= 0.3 is 0 Å². The van der Waals surface area contributed by atoms with Gasteiger partial charge in [-0.3, -0.25) is 4.79 Å². The Morgan fingerprint density at radius 3 is 1.21 bits per heavy atom. The summed E-state index contributed by atoms with van der Waals surface area (Å²) in [6, 6.07) is 13.7. The first-order valence-electron chi connectivity index (χ1n) is 10.4. The van der Waals surface area contributed by atoms with Gasteiger partial charge in [-0.05, 0) is 35.4 Å². The summed E-state index contributed by atoms with van der Waals surface area (Å²) in [5.41, 5.74) is 2.01. The lowest BCUT2D eigenvalue weighted by molar-refractivity contribution is -0.134. The second-order valence-electron chi connectivity index (χ2n) is 7.74. The van der Waals surface area contributed by atoms with Crippen molar-refractivity contribution in [2.75, 3.05) is 41.3 Å². The lowest BCUT2D eigenvalue weighted by Crippen LogP contribution is -2.27. The number of hydrogen-bond donors (Lipinski definition) is 3. The van der Waals surface area contributed by atoms with Gasteiger partial charge in [-0.2, -0.15) is 0 Å². The topological polar surface area (TPSA) is 136 Å². The van der Waals surface area contributed by atoms with Crippen molar-refractivity contribution in [2.24, 2.45) is 0 Å². The van der Waals surface area contributed by atoms with Gasteiger partial charge in [0.15, 0.2) is 0 Å². The van der Waals surface area contributed by atoms with Crippen LogP contribution in [0.25, 0.3) is 0 Å². The van der Waals surface area contributed by atoms with Gasteiger partial charge in [0.1, 0.15) is 0 Å². The van der Waals surface area contributed by atoms with Crippen LogP contribution in [0.3, 0.4) is 0 Å². The van der Waals surface area contributed by atoms with Crippen LogP contribution in [0, 0.1) is 0 Å². The summed E-state index contributed by atoms with van der Waals surface area (Å²) in [7, 11) is -0.754. The van der Waals surface area contributed by atoms with E-state index in [9.17, 15) is 16.8 Å². The van der Waals surface area contributed by atoms with E-state index in [-0.39, 0.29) is 9.79 Å². The number of rotatable bonds is 11. The number of benzene rings is 2. The Hall–Kier alpha value is -2.35. The Morgan fingerprint density at radius 1 is 0.706 bits per heavy atom. The van der Waals surface area contributed by atoms with E-state index in [0.717, 1.165) is 31.1 Å². The zero-order valence-corrected chi connectivity index (χ0v) is 21.8. The molecule has 0 spiro atoms. The number of carboxylic acid groups (broad SMARTS) is 1. The first-order valence-corrected chi connectivity index (χ1v) is 13.3. The summed E-state index contributed by atoms with van der Waals surface area (Å²) in [5, 5.41) is 14.0. The van der Waals surface area contributed by atoms with Gasteiger partial charge in [-0.15, -0.1) is 0 Å². The van der Waals surface area contributed by atoms with Gasteiger partial charge < -0.3 is 15.7 Å². The normalized spacial score (nSPS) is 11.9. The molecule has 0 aromatic heterocycles. The van der Waals surface area contributed by atoms with Gasteiger partial charge in [0.05, 0.1) is 9.79 Å². The molecule has 0 saturated carbocycles. The summed E-state index contributed by atoms with van der Waals surface area (Å²) in [5.74, 6) is -0.833. The van der Waals surface area contributed by atoms with E-state index in [0.29, 0.717) is 13.1 Å². The Labute approximate surface area is 202 Å². The predicted octanol–water partition coefficient (Wildman–Crippen LogP) is 1.16. The minimum absolute atomic E-state index is 0.280. The number of carbonyl (C=O) groups is 1. The molecule has 34 heavy (non-hydrogen) atoms. The largest absolute Gasteiger partial charge is 0.481 e. The molecule has 12 heteroatoms. The first kappa shape index (κ1) is 29.7. The van der Waals surface area contributed by atoms with Crippen molar-refractivity contribution in [1.82, 2.24) is 19.2 Å². The number of nitrogens with zero attached hydrogens (tertiary/aromatic N) is 2. The monoisotopic (exact) mass is 514 g/mol. The molecule has 0 amide bonds. The van der Waals surface area contributed by atoms with Crippen LogP contribution in [0.15, 0.2) is 58.3 Å². The summed E-state index contributed by atoms with van der Waals surface area (Å²) < 4.78 is 50.6. The highest BCUT2D eigenvalue weighted by Crippen LogP contribution is 2.15. The van der Waals surface area contributed by atoms with Crippen molar-refractivity contribution in [2.45, 2.75) is 29.8 Å². The Bertz CT molecular complexity index is 1030. The molecule has 0 fully saturated rings. The van der Waals surface area contributed by atoms with Crippen molar-refractivity contribution < 1.29 is 26.7 Å². The minimum Gasteiger partial charge on any atom is -0.481 e. The molecule has 2 aromatic rings. The molecule has 2 aromatic carbocycles. The van der Waals surface area contributed by atoms with Crippen LogP contribution in [0.5, 0.6) is 0 Å². The molecule has 0 heterocycles. The average molecular weight is 515 g/mol. The highest BCUT2D eigenvalue weighted by Gasteiger charge is 2.17. The van der Waals surface area contributed by atoms with Crippen LogP contribution >= 0.6 is 0 Å². The lowest BCUT2D eigenvalue weighted by Gasteiger charge is -2.12. The van der Waals surface area contributed by atoms with E-state index in [1.54, 1.807) is 48.5 Å². The lowest BCUT2D eigenvalue weighted by atomic mass is 10.2. The molecule has 0 aliphatic carbocycles. The van der Waals surface area contributed by atoms with E-state index in [2.05, 4.69) is 10.6 Å². The quantitative estimate of drug-likeness (QED) is 0.380. The third kappa shape index (κ3) is 9.49. The van der Waals surface area contributed by atoms with Crippen molar-refractivity contribution >= 4 is 26.0 Å². The Morgan fingerprint density at radius 2 is 0.971 bits per heavy atom. The molecule has 0 radical (unpaired) electrons. The maximum Gasteiger partial charge on any atom is 0.300 e. The van der Waals surface area contributed by atoms with E-state index in [1.807, 2.05) is 0 Å². The molecule has 0 atom stereocenters. The van der Waals surface area contributed by atoms with Crippen LogP contribution in [-0.4, -0.2) is 77.8 Å². The van der Waals surface area contributed by atoms with Gasteiger partial charge in [0, 0.05) is 61.3 Å².